The lowest BCUT2D eigenvalue weighted by atomic mass is 9.98. The Bertz CT molecular complexity index is 922. The maximum absolute atomic E-state index is 12.3. The quantitative estimate of drug-likeness (QED) is 0.662. The summed E-state index contributed by atoms with van der Waals surface area (Å²) in [6.45, 7) is 1.96. The van der Waals surface area contributed by atoms with Gasteiger partial charge in [0.2, 0.25) is 0 Å². The molecule has 1 saturated heterocycles. The number of rotatable bonds is 7. The molecule has 2 N–H and O–H groups in total. The first kappa shape index (κ1) is 22.6. The van der Waals surface area contributed by atoms with Crippen molar-refractivity contribution in [1.29, 1.82) is 0 Å². The highest BCUT2D eigenvalue weighted by atomic mass is 19.4. The van der Waals surface area contributed by atoms with Crippen molar-refractivity contribution in [2.45, 2.75) is 44.8 Å². The molecule has 0 saturated carbocycles. The van der Waals surface area contributed by atoms with E-state index in [0.717, 1.165) is 24.8 Å². The molecule has 2 heterocycles. The van der Waals surface area contributed by atoms with Crippen LogP contribution in [0, 0.1) is 6.92 Å². The number of carboxylic acid groups (broad SMARTS) is 1. The topological polar surface area (TPSA) is 103 Å². The zero-order valence-corrected chi connectivity index (χ0v) is 16.9. The number of carbonyl (C=O) groups is 1. The third-order valence-electron chi connectivity index (χ3n) is 4.84. The van der Waals surface area contributed by atoms with Gasteiger partial charge in [-0.1, -0.05) is 12.1 Å². The van der Waals surface area contributed by atoms with Crippen LogP contribution in [-0.4, -0.2) is 47.2 Å². The summed E-state index contributed by atoms with van der Waals surface area (Å²) in [6.07, 6.45) is -2.83. The van der Waals surface area contributed by atoms with Gasteiger partial charge >= 0.3 is 18.3 Å². The average Bonchev–Trinajstić information content (AvgIpc) is 2.72. The fourth-order valence-electron chi connectivity index (χ4n) is 3.36. The predicted molar refractivity (Wildman–Crippen MR) is 103 cm³/mol. The maximum atomic E-state index is 12.3. The van der Waals surface area contributed by atoms with Crippen LogP contribution in [0.25, 0.3) is 0 Å². The van der Waals surface area contributed by atoms with E-state index in [1.165, 1.54) is 19.2 Å². The minimum Gasteiger partial charge on any atom is -0.476 e. The summed E-state index contributed by atoms with van der Waals surface area (Å²) in [7, 11) is 1.35. The van der Waals surface area contributed by atoms with E-state index in [4.69, 9.17) is 9.47 Å². The fourth-order valence-corrected chi connectivity index (χ4v) is 3.36. The van der Waals surface area contributed by atoms with Crippen LogP contribution in [0.2, 0.25) is 0 Å². The van der Waals surface area contributed by atoms with Crippen LogP contribution in [0.15, 0.2) is 24.3 Å². The Morgan fingerprint density at radius 3 is 2.58 bits per heavy atom. The molecule has 0 radical (unpaired) electrons. The minimum atomic E-state index is -4.73. The van der Waals surface area contributed by atoms with E-state index in [2.05, 4.69) is 20.0 Å². The van der Waals surface area contributed by atoms with Crippen molar-refractivity contribution < 1.29 is 37.3 Å². The molecule has 31 heavy (non-hydrogen) atoms. The van der Waals surface area contributed by atoms with E-state index in [9.17, 15) is 23.1 Å². The van der Waals surface area contributed by atoms with Crippen LogP contribution in [0.4, 0.5) is 19.0 Å². The molecule has 1 fully saturated rings. The van der Waals surface area contributed by atoms with Gasteiger partial charge in [0.05, 0.1) is 19.3 Å². The molecule has 0 spiro atoms. The molecule has 1 aliphatic rings. The zero-order valence-electron chi connectivity index (χ0n) is 16.9. The molecule has 8 nitrogen and oxygen atoms in total. The monoisotopic (exact) mass is 441 g/mol. The summed E-state index contributed by atoms with van der Waals surface area (Å²) in [4.78, 5) is 19.4. The summed E-state index contributed by atoms with van der Waals surface area (Å²) >= 11 is 0. The Kier molecular flexibility index (Phi) is 6.84. The van der Waals surface area contributed by atoms with Crippen LogP contribution in [0.3, 0.4) is 0 Å². The van der Waals surface area contributed by atoms with Gasteiger partial charge in [0, 0.05) is 12.1 Å². The smallest absolute Gasteiger partial charge is 0.476 e. The first-order chi connectivity index (χ1) is 14.7. The van der Waals surface area contributed by atoms with Gasteiger partial charge in [-0.15, -0.1) is 13.2 Å². The van der Waals surface area contributed by atoms with Crippen molar-refractivity contribution in [2.24, 2.45) is 0 Å². The van der Waals surface area contributed by atoms with Gasteiger partial charge < -0.3 is 24.6 Å². The van der Waals surface area contributed by atoms with Gasteiger partial charge in [-0.2, -0.15) is 9.97 Å². The fraction of sp³-hybridized carbons (Fsp3) is 0.450. The number of halogens is 3. The molecule has 0 amide bonds. The standard InChI is InChI=1S/C20H22F3N3O5/c1-11-16(18(27)28)25-19(29-2)26-17(11)24-10-14-4-3-5-15(30-14)12-6-8-13(9-7-12)31-20(21,22)23/h6-9,14-15H,3-5,10H2,1-2H3,(H,27,28)(H,24,25,26)/t14-,15+/m1/s1. The summed E-state index contributed by atoms with van der Waals surface area (Å²) < 4.78 is 51.9. The Morgan fingerprint density at radius 2 is 1.97 bits per heavy atom. The number of hydrogen-bond donors (Lipinski definition) is 2. The van der Waals surface area contributed by atoms with Gasteiger partial charge in [-0.25, -0.2) is 4.79 Å². The number of methoxy groups -OCH3 is 1. The summed E-state index contributed by atoms with van der Waals surface area (Å²) in [6, 6.07) is 5.57. The number of aromatic nitrogens is 2. The third-order valence-corrected chi connectivity index (χ3v) is 4.84. The van der Waals surface area contributed by atoms with E-state index in [-0.39, 0.29) is 29.7 Å². The van der Waals surface area contributed by atoms with Crippen molar-refractivity contribution in [3.05, 3.63) is 41.1 Å². The summed E-state index contributed by atoms with van der Waals surface area (Å²) in [5.74, 6) is -1.13. The van der Waals surface area contributed by atoms with Crippen molar-refractivity contribution in [3.63, 3.8) is 0 Å². The number of nitrogens with one attached hydrogen (secondary N) is 1. The number of nitrogens with zero attached hydrogens (tertiary/aromatic N) is 2. The normalized spacial score (nSPS) is 19.0. The third kappa shape index (κ3) is 5.97. The van der Waals surface area contributed by atoms with E-state index in [0.29, 0.717) is 17.9 Å². The summed E-state index contributed by atoms with van der Waals surface area (Å²) in [5, 5.41) is 12.4. The van der Waals surface area contributed by atoms with Crippen LogP contribution >= 0.6 is 0 Å². The second kappa shape index (κ2) is 9.38. The molecule has 11 heteroatoms. The lowest BCUT2D eigenvalue weighted by molar-refractivity contribution is -0.274. The lowest BCUT2D eigenvalue weighted by Gasteiger charge is -2.31. The Balaban J connectivity index is 1.64. The van der Waals surface area contributed by atoms with Crippen LogP contribution in [0.1, 0.15) is 47.0 Å². The molecule has 0 bridgehead atoms. The first-order valence-electron chi connectivity index (χ1n) is 9.57. The highest BCUT2D eigenvalue weighted by molar-refractivity contribution is 5.88. The number of anilines is 1. The Hall–Kier alpha value is -3.08. The van der Waals surface area contributed by atoms with Gasteiger partial charge in [-0.05, 0) is 43.9 Å². The van der Waals surface area contributed by atoms with Gasteiger partial charge in [0.1, 0.15) is 11.6 Å². The number of benzene rings is 1. The molecular formula is C20H22F3N3O5. The number of aromatic carboxylic acids is 1. The second-order valence-corrected chi connectivity index (χ2v) is 7.01. The van der Waals surface area contributed by atoms with Crippen molar-refractivity contribution in [1.82, 2.24) is 9.97 Å². The largest absolute Gasteiger partial charge is 0.573 e. The zero-order chi connectivity index (χ0) is 22.6. The van der Waals surface area contributed by atoms with E-state index < -0.39 is 12.3 Å². The van der Waals surface area contributed by atoms with Crippen LogP contribution in [-0.2, 0) is 4.74 Å². The molecule has 3 rings (SSSR count). The van der Waals surface area contributed by atoms with Crippen molar-refractivity contribution in [2.75, 3.05) is 19.0 Å². The number of carboxylic acids is 1. The predicted octanol–water partition coefficient (Wildman–Crippen LogP) is 4.11. The van der Waals surface area contributed by atoms with Gasteiger partial charge in [-0.3, -0.25) is 0 Å². The van der Waals surface area contributed by atoms with Crippen molar-refractivity contribution in [3.8, 4) is 11.8 Å². The molecule has 1 aromatic heterocycles. The SMILES string of the molecule is COc1nc(NC[C@H]2CCC[C@@H](c3ccc(OC(F)(F)F)cc3)O2)c(C)c(C(=O)O)n1. The molecule has 1 aliphatic heterocycles. The molecule has 168 valence electrons. The molecule has 2 aromatic rings. The van der Waals surface area contributed by atoms with Gasteiger partial charge in [0.25, 0.3) is 0 Å². The number of hydrogen-bond acceptors (Lipinski definition) is 7. The average molecular weight is 441 g/mol. The van der Waals surface area contributed by atoms with Crippen LogP contribution in [0.5, 0.6) is 11.8 Å². The number of ether oxygens (including phenoxy) is 3. The van der Waals surface area contributed by atoms with E-state index in [1.54, 1.807) is 19.1 Å². The molecule has 2 atom stereocenters. The lowest BCUT2D eigenvalue weighted by Crippen LogP contribution is -2.29. The maximum Gasteiger partial charge on any atom is 0.573 e. The molecule has 1 aromatic carbocycles. The van der Waals surface area contributed by atoms with E-state index in [1.807, 2.05) is 0 Å². The Labute approximate surface area is 176 Å². The molecular weight excluding hydrogens is 419 g/mol. The van der Waals surface area contributed by atoms with Crippen molar-refractivity contribution >= 4 is 11.8 Å². The first-order valence-corrected chi connectivity index (χ1v) is 9.57. The summed E-state index contributed by atoms with van der Waals surface area (Å²) in [5.41, 5.74) is 0.978. The number of alkyl halides is 3. The second-order valence-electron chi connectivity index (χ2n) is 7.01. The minimum absolute atomic E-state index is 0.0610. The molecule has 0 unspecified atom stereocenters. The van der Waals surface area contributed by atoms with Gasteiger partial charge in [0.15, 0.2) is 5.69 Å². The Morgan fingerprint density at radius 1 is 1.26 bits per heavy atom. The molecule has 0 aliphatic carbocycles. The van der Waals surface area contributed by atoms with E-state index >= 15 is 0 Å². The van der Waals surface area contributed by atoms with Crippen LogP contribution < -0.4 is 14.8 Å². The highest BCUT2D eigenvalue weighted by Crippen LogP contribution is 2.33. The highest BCUT2D eigenvalue weighted by Gasteiger charge is 2.31.